The van der Waals surface area contributed by atoms with Gasteiger partial charge in [0.15, 0.2) is 0 Å². The van der Waals surface area contributed by atoms with Crippen LogP contribution < -0.4 is 9.64 Å². The zero-order valence-corrected chi connectivity index (χ0v) is 11.7. The number of carbonyl (C=O) groups is 1. The van der Waals surface area contributed by atoms with Crippen molar-refractivity contribution in [3.63, 3.8) is 0 Å². The minimum atomic E-state index is -0.721. The second kappa shape index (κ2) is 5.11. The number of ether oxygens (including phenoxy) is 1. The van der Waals surface area contributed by atoms with E-state index in [2.05, 4.69) is 4.90 Å². The van der Waals surface area contributed by atoms with Crippen LogP contribution >= 0.6 is 0 Å². The van der Waals surface area contributed by atoms with E-state index in [9.17, 15) is 9.90 Å². The summed E-state index contributed by atoms with van der Waals surface area (Å²) >= 11 is 0. The van der Waals surface area contributed by atoms with Gasteiger partial charge in [-0.3, -0.25) is 4.79 Å². The third-order valence-corrected chi connectivity index (χ3v) is 3.94. The predicted octanol–water partition coefficient (Wildman–Crippen LogP) is 2.77. The fraction of sp³-hybridized carbons (Fsp3) is 0.533. The summed E-state index contributed by atoms with van der Waals surface area (Å²) in [7, 11) is 0. The largest absolute Gasteiger partial charge is 0.492 e. The lowest BCUT2D eigenvalue weighted by Crippen LogP contribution is -2.45. The highest BCUT2D eigenvalue weighted by molar-refractivity contribution is 5.75. The number of rotatable bonds is 4. The van der Waals surface area contributed by atoms with Crippen molar-refractivity contribution in [2.24, 2.45) is 5.92 Å². The number of anilines is 1. The molecule has 1 aliphatic rings. The average Bonchev–Trinajstić information content (AvgIpc) is 2.66. The zero-order valence-electron chi connectivity index (χ0n) is 11.7. The molecule has 1 aromatic rings. The number of hydrogen-bond acceptors (Lipinski definition) is 3. The van der Waals surface area contributed by atoms with Crippen LogP contribution in [0, 0.1) is 5.92 Å². The van der Waals surface area contributed by atoms with Gasteiger partial charge >= 0.3 is 5.97 Å². The highest BCUT2D eigenvalue weighted by Crippen LogP contribution is 2.42. The molecule has 0 amide bonds. The van der Waals surface area contributed by atoms with E-state index in [1.54, 1.807) is 0 Å². The first-order valence-electron chi connectivity index (χ1n) is 6.70. The van der Waals surface area contributed by atoms with Crippen LogP contribution in [0.15, 0.2) is 24.3 Å². The summed E-state index contributed by atoms with van der Waals surface area (Å²) in [5, 5.41) is 9.33. The first kappa shape index (κ1) is 13.7. The number of nitrogens with zero attached hydrogens (tertiary/aromatic N) is 1. The number of carboxylic acid groups (broad SMARTS) is 1. The Kier molecular flexibility index (Phi) is 3.69. The molecule has 0 aromatic heterocycles. The van der Waals surface area contributed by atoms with Gasteiger partial charge in [-0.25, -0.2) is 0 Å². The van der Waals surface area contributed by atoms with Gasteiger partial charge in [0.1, 0.15) is 5.75 Å². The standard InChI is InChI=1S/C15H21NO3/c1-4-19-13-8-6-5-7-12(13)16-10-9-11(14(17)18)15(16,2)3/h5-8,11H,4,9-10H2,1-3H3,(H,17,18). The monoisotopic (exact) mass is 263 g/mol. The summed E-state index contributed by atoms with van der Waals surface area (Å²) in [4.78, 5) is 13.5. The number of aliphatic carboxylic acids is 1. The van der Waals surface area contributed by atoms with Crippen molar-refractivity contribution in [1.82, 2.24) is 0 Å². The molecule has 0 bridgehead atoms. The molecule has 1 aliphatic heterocycles. The normalized spacial score (nSPS) is 21.4. The molecular formula is C15H21NO3. The molecule has 1 aromatic carbocycles. The SMILES string of the molecule is CCOc1ccccc1N1CCC(C(=O)O)C1(C)C. The Morgan fingerprint density at radius 3 is 2.74 bits per heavy atom. The smallest absolute Gasteiger partial charge is 0.308 e. The summed E-state index contributed by atoms with van der Waals surface area (Å²) in [6.07, 6.45) is 0.669. The van der Waals surface area contributed by atoms with Crippen molar-refractivity contribution in [1.29, 1.82) is 0 Å². The lowest BCUT2D eigenvalue weighted by atomic mass is 9.88. The molecule has 0 radical (unpaired) electrons. The Morgan fingerprint density at radius 1 is 1.47 bits per heavy atom. The van der Waals surface area contributed by atoms with Crippen LogP contribution in [-0.2, 0) is 4.79 Å². The molecule has 1 fully saturated rings. The maximum atomic E-state index is 11.3. The minimum absolute atomic E-state index is 0.345. The third-order valence-electron chi connectivity index (χ3n) is 3.94. The van der Waals surface area contributed by atoms with E-state index in [1.165, 1.54) is 0 Å². The van der Waals surface area contributed by atoms with Crippen molar-refractivity contribution >= 4 is 11.7 Å². The van der Waals surface area contributed by atoms with Crippen LogP contribution in [-0.4, -0.2) is 29.8 Å². The van der Waals surface area contributed by atoms with E-state index >= 15 is 0 Å². The molecule has 104 valence electrons. The van der Waals surface area contributed by atoms with Crippen molar-refractivity contribution in [3.05, 3.63) is 24.3 Å². The maximum Gasteiger partial charge on any atom is 0.308 e. The number of carboxylic acids is 1. The van der Waals surface area contributed by atoms with E-state index in [0.29, 0.717) is 13.0 Å². The first-order chi connectivity index (χ1) is 8.98. The molecule has 1 unspecified atom stereocenters. The Bertz CT molecular complexity index is 470. The summed E-state index contributed by atoms with van der Waals surface area (Å²) in [5.41, 5.74) is 0.581. The van der Waals surface area contributed by atoms with Gasteiger partial charge in [0.05, 0.1) is 18.2 Å². The summed E-state index contributed by atoms with van der Waals surface area (Å²) in [6, 6.07) is 7.83. The van der Waals surface area contributed by atoms with Gasteiger partial charge in [-0.2, -0.15) is 0 Å². The van der Waals surface area contributed by atoms with E-state index in [-0.39, 0.29) is 5.92 Å². The van der Waals surface area contributed by atoms with E-state index in [4.69, 9.17) is 4.74 Å². The highest BCUT2D eigenvalue weighted by Gasteiger charge is 2.46. The number of hydrogen-bond donors (Lipinski definition) is 1. The molecule has 1 N–H and O–H groups in total. The van der Waals surface area contributed by atoms with E-state index in [1.807, 2.05) is 45.0 Å². The van der Waals surface area contributed by atoms with Crippen molar-refractivity contribution in [3.8, 4) is 5.75 Å². The van der Waals surface area contributed by atoms with Crippen LogP contribution in [0.3, 0.4) is 0 Å². The Morgan fingerprint density at radius 2 is 2.16 bits per heavy atom. The molecule has 1 saturated heterocycles. The average molecular weight is 263 g/mol. The molecule has 0 aliphatic carbocycles. The van der Waals surface area contributed by atoms with Gasteiger partial charge < -0.3 is 14.7 Å². The van der Waals surface area contributed by atoms with E-state index in [0.717, 1.165) is 18.0 Å². The molecule has 1 atom stereocenters. The van der Waals surface area contributed by atoms with Gasteiger partial charge in [-0.15, -0.1) is 0 Å². The second-order valence-electron chi connectivity index (χ2n) is 5.39. The molecule has 4 nitrogen and oxygen atoms in total. The van der Waals surface area contributed by atoms with Gasteiger partial charge in [-0.05, 0) is 39.3 Å². The lowest BCUT2D eigenvalue weighted by Gasteiger charge is -2.37. The Balaban J connectivity index is 2.35. The second-order valence-corrected chi connectivity index (χ2v) is 5.39. The van der Waals surface area contributed by atoms with Gasteiger partial charge in [-0.1, -0.05) is 12.1 Å². The zero-order chi connectivity index (χ0) is 14.0. The van der Waals surface area contributed by atoms with Crippen molar-refractivity contribution in [2.45, 2.75) is 32.7 Å². The van der Waals surface area contributed by atoms with Crippen LogP contribution in [0.2, 0.25) is 0 Å². The molecule has 2 rings (SSSR count). The molecule has 0 saturated carbocycles. The first-order valence-corrected chi connectivity index (χ1v) is 6.70. The topological polar surface area (TPSA) is 49.8 Å². The highest BCUT2D eigenvalue weighted by atomic mass is 16.5. The number of benzene rings is 1. The number of para-hydroxylation sites is 2. The molecule has 4 heteroatoms. The quantitative estimate of drug-likeness (QED) is 0.907. The summed E-state index contributed by atoms with van der Waals surface area (Å²) < 4.78 is 5.65. The van der Waals surface area contributed by atoms with Crippen molar-refractivity contribution in [2.75, 3.05) is 18.1 Å². The third kappa shape index (κ3) is 2.39. The molecule has 19 heavy (non-hydrogen) atoms. The minimum Gasteiger partial charge on any atom is -0.492 e. The Hall–Kier alpha value is -1.71. The molecule has 1 heterocycles. The van der Waals surface area contributed by atoms with Crippen LogP contribution in [0.1, 0.15) is 27.2 Å². The fourth-order valence-corrected chi connectivity index (χ4v) is 2.90. The fourth-order valence-electron chi connectivity index (χ4n) is 2.90. The molecular weight excluding hydrogens is 242 g/mol. The Labute approximate surface area is 114 Å². The van der Waals surface area contributed by atoms with Crippen molar-refractivity contribution < 1.29 is 14.6 Å². The maximum absolute atomic E-state index is 11.3. The van der Waals surface area contributed by atoms with Gasteiger partial charge in [0.25, 0.3) is 0 Å². The van der Waals surface area contributed by atoms with Crippen LogP contribution in [0.4, 0.5) is 5.69 Å². The van der Waals surface area contributed by atoms with Crippen LogP contribution in [0.5, 0.6) is 5.75 Å². The lowest BCUT2D eigenvalue weighted by molar-refractivity contribution is -0.142. The van der Waals surface area contributed by atoms with Crippen LogP contribution in [0.25, 0.3) is 0 Å². The summed E-state index contributed by atoms with van der Waals surface area (Å²) in [5.74, 6) is -0.243. The van der Waals surface area contributed by atoms with E-state index < -0.39 is 11.5 Å². The van der Waals surface area contributed by atoms with Gasteiger partial charge in [0.2, 0.25) is 0 Å². The predicted molar refractivity (Wildman–Crippen MR) is 74.8 cm³/mol. The molecule has 0 spiro atoms. The summed E-state index contributed by atoms with van der Waals surface area (Å²) in [6.45, 7) is 7.27. The van der Waals surface area contributed by atoms with Gasteiger partial charge in [0, 0.05) is 12.1 Å².